The highest BCUT2D eigenvalue weighted by molar-refractivity contribution is 5.83. The number of ether oxygens (including phenoxy) is 2. The maximum absolute atomic E-state index is 12.5. The summed E-state index contributed by atoms with van der Waals surface area (Å²) in [7, 11) is 1.64. The van der Waals surface area contributed by atoms with Crippen molar-refractivity contribution in [3.05, 3.63) is 30.2 Å². The van der Waals surface area contributed by atoms with Gasteiger partial charge in [0.05, 0.1) is 13.2 Å². The van der Waals surface area contributed by atoms with Gasteiger partial charge < -0.3 is 24.5 Å². The van der Waals surface area contributed by atoms with Crippen LogP contribution in [0.25, 0.3) is 11.5 Å². The highest BCUT2D eigenvalue weighted by Crippen LogP contribution is 2.27. The number of hydrogen-bond acceptors (Lipinski definition) is 8. The second kappa shape index (κ2) is 8.94. The van der Waals surface area contributed by atoms with Crippen LogP contribution in [0.2, 0.25) is 0 Å². The van der Waals surface area contributed by atoms with Gasteiger partial charge in [-0.1, -0.05) is 0 Å². The van der Waals surface area contributed by atoms with E-state index in [0.29, 0.717) is 36.8 Å². The van der Waals surface area contributed by atoms with Gasteiger partial charge in [0.25, 0.3) is 0 Å². The number of amides is 1. The number of benzene rings is 1. The van der Waals surface area contributed by atoms with E-state index in [4.69, 9.17) is 13.9 Å². The first-order valence-electron chi connectivity index (χ1n) is 11.0. The lowest BCUT2D eigenvalue weighted by Gasteiger charge is -2.36. The Morgan fingerprint density at radius 2 is 2.00 bits per heavy atom. The predicted molar refractivity (Wildman–Crippen MR) is 113 cm³/mol. The quantitative estimate of drug-likeness (QED) is 0.704. The van der Waals surface area contributed by atoms with Gasteiger partial charge in [0.15, 0.2) is 0 Å². The maximum Gasteiger partial charge on any atom is 0.247 e. The third-order valence-electron chi connectivity index (χ3n) is 6.53. The van der Waals surface area contributed by atoms with Crippen LogP contribution in [-0.4, -0.2) is 78.6 Å². The van der Waals surface area contributed by atoms with E-state index in [0.717, 1.165) is 50.3 Å². The van der Waals surface area contributed by atoms with Crippen LogP contribution in [0.3, 0.4) is 0 Å². The van der Waals surface area contributed by atoms with Crippen molar-refractivity contribution in [1.29, 1.82) is 0 Å². The minimum absolute atomic E-state index is 0.0972. The van der Waals surface area contributed by atoms with Gasteiger partial charge in [-0.05, 0) is 43.5 Å². The first kappa shape index (κ1) is 20.4. The topological polar surface area (TPSA) is 102 Å². The highest BCUT2D eigenvalue weighted by atomic mass is 16.5. The Hall–Kier alpha value is -2.49. The van der Waals surface area contributed by atoms with Gasteiger partial charge in [0.2, 0.25) is 17.7 Å². The standard InChI is InChI=1S/C22H29N5O4/c1-29-18-4-2-14(3-5-18)22-26-25-20(31-22)11-17-12-23-21(28)19-10-16(13-27(17)19)24-15-6-8-30-9-7-15/h2-5,15-17,19,24H,6-13H2,1H3,(H,23,28)/t16-,17+,19-/m0/s1. The van der Waals surface area contributed by atoms with Crippen LogP contribution < -0.4 is 15.4 Å². The number of carbonyl (C=O) groups excluding carboxylic acids is 1. The lowest BCUT2D eigenvalue weighted by atomic mass is 10.0. The average Bonchev–Trinajstić information content (AvgIpc) is 3.44. The lowest BCUT2D eigenvalue weighted by molar-refractivity contribution is -0.129. The molecule has 9 heteroatoms. The number of methoxy groups -OCH3 is 1. The Morgan fingerprint density at radius 1 is 1.19 bits per heavy atom. The zero-order valence-electron chi connectivity index (χ0n) is 17.8. The van der Waals surface area contributed by atoms with E-state index in [1.165, 1.54) is 0 Å². The number of aromatic nitrogens is 2. The molecule has 3 fully saturated rings. The molecule has 9 nitrogen and oxygen atoms in total. The van der Waals surface area contributed by atoms with Gasteiger partial charge >= 0.3 is 0 Å². The molecule has 3 aliphatic rings. The van der Waals surface area contributed by atoms with Crippen molar-refractivity contribution in [3.8, 4) is 17.2 Å². The first-order chi connectivity index (χ1) is 15.2. The molecule has 1 aromatic heterocycles. The van der Waals surface area contributed by atoms with Gasteiger partial charge in [-0.25, -0.2) is 0 Å². The molecule has 0 spiro atoms. The summed E-state index contributed by atoms with van der Waals surface area (Å²) < 4.78 is 16.6. The zero-order chi connectivity index (χ0) is 21.2. The van der Waals surface area contributed by atoms with Crippen LogP contribution in [-0.2, 0) is 16.0 Å². The molecule has 5 rings (SSSR count). The summed E-state index contributed by atoms with van der Waals surface area (Å²) in [5.74, 6) is 1.99. The summed E-state index contributed by atoms with van der Waals surface area (Å²) >= 11 is 0. The van der Waals surface area contributed by atoms with Gasteiger partial charge in [-0.15, -0.1) is 10.2 Å². The van der Waals surface area contributed by atoms with Crippen molar-refractivity contribution < 1.29 is 18.7 Å². The Morgan fingerprint density at radius 3 is 2.77 bits per heavy atom. The fraction of sp³-hybridized carbons (Fsp3) is 0.591. The number of fused-ring (bicyclic) bond motifs is 1. The van der Waals surface area contributed by atoms with Crippen molar-refractivity contribution in [2.45, 2.75) is 49.9 Å². The van der Waals surface area contributed by atoms with Crippen LogP contribution in [0.15, 0.2) is 28.7 Å². The molecule has 2 N–H and O–H groups in total. The van der Waals surface area contributed by atoms with E-state index in [1.54, 1.807) is 7.11 Å². The highest BCUT2D eigenvalue weighted by Gasteiger charge is 2.44. The van der Waals surface area contributed by atoms with Crippen LogP contribution in [0.1, 0.15) is 25.2 Å². The smallest absolute Gasteiger partial charge is 0.247 e. The van der Waals surface area contributed by atoms with E-state index in [1.807, 2.05) is 24.3 Å². The molecule has 2 aromatic rings. The average molecular weight is 428 g/mol. The number of piperazine rings is 1. The van der Waals surface area contributed by atoms with Gasteiger partial charge in [-0.2, -0.15) is 0 Å². The number of rotatable bonds is 6. The van der Waals surface area contributed by atoms with E-state index in [2.05, 4.69) is 25.7 Å². The number of nitrogens with zero attached hydrogens (tertiary/aromatic N) is 3. The summed E-state index contributed by atoms with van der Waals surface area (Å²) in [6.07, 6.45) is 3.52. The van der Waals surface area contributed by atoms with Crippen LogP contribution >= 0.6 is 0 Å². The zero-order valence-corrected chi connectivity index (χ0v) is 17.8. The minimum Gasteiger partial charge on any atom is -0.497 e. The van der Waals surface area contributed by atoms with Crippen LogP contribution in [0, 0.1) is 0 Å². The van der Waals surface area contributed by atoms with E-state index < -0.39 is 0 Å². The van der Waals surface area contributed by atoms with Crippen LogP contribution in [0.4, 0.5) is 0 Å². The molecule has 3 saturated heterocycles. The molecule has 0 bridgehead atoms. The van der Waals surface area contributed by atoms with Crippen molar-refractivity contribution in [3.63, 3.8) is 0 Å². The van der Waals surface area contributed by atoms with Crippen molar-refractivity contribution in [1.82, 2.24) is 25.7 Å². The third kappa shape index (κ3) is 4.44. The fourth-order valence-corrected chi connectivity index (χ4v) is 4.87. The first-order valence-corrected chi connectivity index (χ1v) is 11.0. The number of hydrogen-bond donors (Lipinski definition) is 2. The lowest BCUT2D eigenvalue weighted by Crippen LogP contribution is -2.58. The molecule has 1 aromatic carbocycles. The fourth-order valence-electron chi connectivity index (χ4n) is 4.87. The summed E-state index contributed by atoms with van der Waals surface area (Å²) in [4.78, 5) is 14.8. The van der Waals surface area contributed by atoms with Crippen molar-refractivity contribution in [2.24, 2.45) is 0 Å². The monoisotopic (exact) mass is 427 g/mol. The molecule has 3 atom stereocenters. The van der Waals surface area contributed by atoms with Gasteiger partial charge in [-0.3, -0.25) is 9.69 Å². The van der Waals surface area contributed by atoms with Gasteiger partial charge in [0.1, 0.15) is 5.75 Å². The Balaban J connectivity index is 1.24. The van der Waals surface area contributed by atoms with Crippen LogP contribution in [0.5, 0.6) is 5.75 Å². The molecule has 0 saturated carbocycles. The Bertz CT molecular complexity index is 896. The van der Waals surface area contributed by atoms with E-state index >= 15 is 0 Å². The van der Waals surface area contributed by atoms with Crippen molar-refractivity contribution in [2.75, 3.05) is 33.4 Å². The Kier molecular flexibility index (Phi) is 5.89. The summed E-state index contributed by atoms with van der Waals surface area (Å²) in [5.41, 5.74) is 0.858. The van der Waals surface area contributed by atoms with E-state index in [9.17, 15) is 4.79 Å². The molecule has 3 aliphatic heterocycles. The second-order valence-electron chi connectivity index (χ2n) is 8.53. The molecule has 0 aliphatic carbocycles. The van der Waals surface area contributed by atoms with Gasteiger partial charge in [0, 0.05) is 56.4 Å². The molecular weight excluding hydrogens is 398 g/mol. The Labute approximate surface area is 181 Å². The minimum atomic E-state index is -0.0972. The number of carbonyl (C=O) groups is 1. The molecule has 0 unspecified atom stereocenters. The normalized spacial score (nSPS) is 27.1. The maximum atomic E-state index is 12.5. The summed E-state index contributed by atoms with van der Waals surface area (Å²) in [6.45, 7) is 3.09. The summed E-state index contributed by atoms with van der Waals surface area (Å²) in [5, 5.41) is 15.3. The largest absolute Gasteiger partial charge is 0.497 e. The summed E-state index contributed by atoms with van der Waals surface area (Å²) in [6, 6.07) is 8.39. The molecular formula is C22H29N5O4. The SMILES string of the molecule is COc1ccc(-c2nnc(C[C@@H]3CNC(=O)[C@@H]4C[C@H](NC5CCOCC5)CN34)o2)cc1. The molecule has 0 radical (unpaired) electrons. The molecule has 31 heavy (non-hydrogen) atoms. The third-order valence-corrected chi connectivity index (χ3v) is 6.53. The van der Waals surface area contributed by atoms with Crippen molar-refractivity contribution >= 4 is 5.91 Å². The second-order valence-corrected chi connectivity index (χ2v) is 8.53. The molecule has 166 valence electrons. The predicted octanol–water partition coefficient (Wildman–Crippen LogP) is 0.998. The molecule has 1 amide bonds. The number of nitrogens with one attached hydrogen (secondary N) is 2. The van der Waals surface area contributed by atoms with E-state index in [-0.39, 0.29) is 18.0 Å². The molecule has 4 heterocycles.